The first-order valence-corrected chi connectivity index (χ1v) is 9.70. The molecule has 1 amide bonds. The van der Waals surface area contributed by atoms with Crippen molar-refractivity contribution in [1.82, 2.24) is 20.0 Å². The van der Waals surface area contributed by atoms with Gasteiger partial charge >= 0.3 is 0 Å². The predicted molar refractivity (Wildman–Crippen MR) is 105 cm³/mol. The molecule has 1 saturated heterocycles. The van der Waals surface area contributed by atoms with E-state index < -0.39 is 0 Å². The number of halogens is 1. The quantitative estimate of drug-likeness (QED) is 0.778. The molecule has 6 nitrogen and oxygen atoms in total. The third-order valence-corrected chi connectivity index (χ3v) is 5.81. The molecule has 1 N–H and O–H groups in total. The average Bonchev–Trinajstić information content (AvgIpc) is 2.90. The van der Waals surface area contributed by atoms with E-state index in [1.807, 2.05) is 42.8 Å². The molecule has 2 heterocycles. The first-order valence-electron chi connectivity index (χ1n) is 8.91. The number of hydrogen-bond donors (Lipinski definition) is 1. The van der Waals surface area contributed by atoms with E-state index in [1.54, 1.807) is 0 Å². The minimum Gasteiger partial charge on any atom is -0.379 e. The van der Waals surface area contributed by atoms with Crippen molar-refractivity contribution >= 4 is 21.8 Å². The summed E-state index contributed by atoms with van der Waals surface area (Å²) in [5.74, 6) is -0.0290. The summed E-state index contributed by atoms with van der Waals surface area (Å²) in [7, 11) is 0. The summed E-state index contributed by atoms with van der Waals surface area (Å²) >= 11 is 3.55. The van der Waals surface area contributed by atoms with Crippen molar-refractivity contribution in [2.24, 2.45) is 0 Å². The molecule has 140 valence electrons. The Bertz CT molecular complexity index is 752. The Morgan fingerprint density at radius 2 is 1.92 bits per heavy atom. The Hall–Kier alpha value is -1.70. The molecule has 0 radical (unpaired) electrons. The molecule has 7 heteroatoms. The maximum Gasteiger partial charge on any atom is 0.251 e. The highest BCUT2D eigenvalue weighted by molar-refractivity contribution is 9.10. The van der Waals surface area contributed by atoms with Crippen LogP contribution in [0.2, 0.25) is 0 Å². The molecule has 1 aromatic carbocycles. The Kier molecular flexibility index (Phi) is 6.45. The number of benzene rings is 1. The van der Waals surface area contributed by atoms with Gasteiger partial charge in [-0.3, -0.25) is 14.4 Å². The van der Waals surface area contributed by atoms with Gasteiger partial charge in [0.2, 0.25) is 0 Å². The number of rotatable bonds is 6. The number of ether oxygens (including phenoxy) is 1. The smallest absolute Gasteiger partial charge is 0.251 e. The molecular formula is C19H25BrN4O2. The van der Waals surface area contributed by atoms with Crippen LogP contribution in [0.15, 0.2) is 28.7 Å². The Morgan fingerprint density at radius 3 is 2.54 bits per heavy atom. The summed E-state index contributed by atoms with van der Waals surface area (Å²) in [5.41, 5.74) is 3.89. The Morgan fingerprint density at radius 1 is 1.23 bits per heavy atom. The highest BCUT2D eigenvalue weighted by atomic mass is 79.9. The number of nitrogens with zero attached hydrogens (tertiary/aromatic N) is 3. The van der Waals surface area contributed by atoms with Gasteiger partial charge in [0.1, 0.15) is 0 Å². The largest absolute Gasteiger partial charge is 0.379 e. The van der Waals surface area contributed by atoms with Crippen LogP contribution in [0.25, 0.3) is 0 Å². The van der Waals surface area contributed by atoms with E-state index in [-0.39, 0.29) is 5.91 Å². The van der Waals surface area contributed by atoms with Gasteiger partial charge in [0.05, 0.1) is 35.6 Å². The maximum absolute atomic E-state index is 12.3. The Labute approximate surface area is 162 Å². The van der Waals surface area contributed by atoms with Crippen LogP contribution in [0.5, 0.6) is 0 Å². The van der Waals surface area contributed by atoms with Gasteiger partial charge in [0.15, 0.2) is 0 Å². The van der Waals surface area contributed by atoms with Crippen LogP contribution in [0.1, 0.15) is 27.3 Å². The molecule has 3 rings (SSSR count). The minimum atomic E-state index is -0.0290. The zero-order chi connectivity index (χ0) is 18.5. The summed E-state index contributed by atoms with van der Waals surface area (Å²) in [6, 6.07) is 7.72. The second-order valence-corrected chi connectivity index (χ2v) is 7.34. The number of amides is 1. The molecule has 2 aromatic rings. The summed E-state index contributed by atoms with van der Waals surface area (Å²) in [6.45, 7) is 9.67. The van der Waals surface area contributed by atoms with Gasteiger partial charge < -0.3 is 10.1 Å². The normalized spacial score (nSPS) is 15.2. The topological polar surface area (TPSA) is 59.4 Å². The standard InChI is InChI=1S/C19H25BrN4O2/c1-14-18(20)15(2)24(22-14)13-16-3-5-17(6-4-16)19(25)21-7-8-23-9-11-26-12-10-23/h3-6H,7-13H2,1-2H3,(H,21,25). The number of aromatic nitrogens is 2. The van der Waals surface area contributed by atoms with Crippen LogP contribution in [-0.2, 0) is 11.3 Å². The number of carbonyl (C=O) groups is 1. The monoisotopic (exact) mass is 420 g/mol. The van der Waals surface area contributed by atoms with Gasteiger partial charge in [0.25, 0.3) is 5.91 Å². The molecule has 0 bridgehead atoms. The third kappa shape index (κ3) is 4.72. The average molecular weight is 421 g/mol. The van der Waals surface area contributed by atoms with Crippen molar-refractivity contribution in [3.63, 3.8) is 0 Å². The summed E-state index contributed by atoms with van der Waals surface area (Å²) in [4.78, 5) is 14.6. The Balaban J connectivity index is 1.51. The van der Waals surface area contributed by atoms with E-state index in [9.17, 15) is 4.79 Å². The lowest BCUT2D eigenvalue weighted by Gasteiger charge is -2.26. The van der Waals surface area contributed by atoms with E-state index >= 15 is 0 Å². The van der Waals surface area contributed by atoms with Crippen LogP contribution >= 0.6 is 15.9 Å². The zero-order valence-electron chi connectivity index (χ0n) is 15.3. The first kappa shape index (κ1) is 19.1. The number of carbonyl (C=O) groups excluding carboxylic acids is 1. The van der Waals surface area contributed by atoms with Gasteiger partial charge in [-0.1, -0.05) is 12.1 Å². The van der Waals surface area contributed by atoms with E-state index in [2.05, 4.69) is 31.2 Å². The van der Waals surface area contributed by atoms with Crippen LogP contribution < -0.4 is 5.32 Å². The van der Waals surface area contributed by atoms with Crippen molar-refractivity contribution in [2.45, 2.75) is 20.4 Å². The maximum atomic E-state index is 12.3. The molecule has 0 spiro atoms. The van der Waals surface area contributed by atoms with Gasteiger partial charge in [0, 0.05) is 31.7 Å². The highest BCUT2D eigenvalue weighted by Gasteiger charge is 2.12. The van der Waals surface area contributed by atoms with Crippen LogP contribution in [0.4, 0.5) is 0 Å². The van der Waals surface area contributed by atoms with Crippen molar-refractivity contribution in [3.05, 3.63) is 51.3 Å². The van der Waals surface area contributed by atoms with Crippen molar-refractivity contribution in [1.29, 1.82) is 0 Å². The molecule has 0 unspecified atom stereocenters. The lowest BCUT2D eigenvalue weighted by Crippen LogP contribution is -2.41. The fourth-order valence-electron chi connectivity index (χ4n) is 3.02. The van der Waals surface area contributed by atoms with E-state index in [1.165, 1.54) is 0 Å². The van der Waals surface area contributed by atoms with E-state index in [0.29, 0.717) is 18.7 Å². The highest BCUT2D eigenvalue weighted by Crippen LogP contribution is 2.20. The number of morpholine rings is 1. The van der Waals surface area contributed by atoms with Crippen molar-refractivity contribution < 1.29 is 9.53 Å². The second kappa shape index (κ2) is 8.79. The molecule has 26 heavy (non-hydrogen) atoms. The molecule has 1 aromatic heterocycles. The lowest BCUT2D eigenvalue weighted by molar-refractivity contribution is 0.0383. The number of nitrogens with one attached hydrogen (secondary N) is 1. The van der Waals surface area contributed by atoms with Gasteiger partial charge in [-0.2, -0.15) is 5.10 Å². The molecule has 1 aliphatic heterocycles. The molecule has 0 aliphatic carbocycles. The van der Waals surface area contributed by atoms with E-state index in [4.69, 9.17) is 4.74 Å². The first-order chi connectivity index (χ1) is 12.5. The summed E-state index contributed by atoms with van der Waals surface area (Å²) in [5, 5.41) is 7.51. The molecule has 0 atom stereocenters. The zero-order valence-corrected chi connectivity index (χ0v) is 16.9. The SMILES string of the molecule is Cc1nn(Cc2ccc(C(=O)NCCN3CCOCC3)cc2)c(C)c1Br. The van der Waals surface area contributed by atoms with Crippen molar-refractivity contribution in [3.8, 4) is 0 Å². The third-order valence-electron chi connectivity index (χ3n) is 4.66. The number of aryl methyl sites for hydroxylation is 1. The van der Waals surface area contributed by atoms with Crippen LogP contribution in [0, 0.1) is 13.8 Å². The van der Waals surface area contributed by atoms with Crippen molar-refractivity contribution in [2.75, 3.05) is 39.4 Å². The predicted octanol–water partition coefficient (Wildman–Crippen LogP) is 2.37. The minimum absolute atomic E-state index is 0.0290. The molecular weight excluding hydrogens is 396 g/mol. The van der Waals surface area contributed by atoms with Crippen LogP contribution in [0.3, 0.4) is 0 Å². The molecule has 1 fully saturated rings. The van der Waals surface area contributed by atoms with Gasteiger partial charge in [-0.05, 0) is 47.5 Å². The number of hydrogen-bond acceptors (Lipinski definition) is 4. The lowest BCUT2D eigenvalue weighted by atomic mass is 10.1. The summed E-state index contributed by atoms with van der Waals surface area (Å²) < 4.78 is 8.35. The molecule has 0 saturated carbocycles. The van der Waals surface area contributed by atoms with Gasteiger partial charge in [-0.25, -0.2) is 0 Å². The molecule has 1 aliphatic rings. The second-order valence-electron chi connectivity index (χ2n) is 6.55. The fourth-order valence-corrected chi connectivity index (χ4v) is 3.30. The van der Waals surface area contributed by atoms with Gasteiger partial charge in [-0.15, -0.1) is 0 Å². The fraction of sp³-hybridized carbons (Fsp3) is 0.474. The summed E-state index contributed by atoms with van der Waals surface area (Å²) in [6.07, 6.45) is 0. The van der Waals surface area contributed by atoms with E-state index in [0.717, 1.165) is 54.3 Å². The van der Waals surface area contributed by atoms with Crippen LogP contribution in [-0.4, -0.2) is 60.0 Å².